The molecule has 0 saturated carbocycles. The number of rotatable bonds is 7. The molecule has 0 aliphatic heterocycles. The minimum Gasteiger partial charge on any atom is -0.494 e. The van der Waals surface area contributed by atoms with E-state index in [4.69, 9.17) is 9.47 Å². The molecule has 0 radical (unpaired) electrons. The van der Waals surface area contributed by atoms with Gasteiger partial charge in [0.2, 0.25) is 0 Å². The minimum absolute atomic E-state index is 0.286. The second kappa shape index (κ2) is 9.09. The Hall–Kier alpha value is -3.26. The summed E-state index contributed by atoms with van der Waals surface area (Å²) in [5.74, 6) is -0.269. The molecule has 1 unspecified atom stereocenters. The van der Waals surface area contributed by atoms with E-state index in [1.165, 1.54) is 24.5 Å². The van der Waals surface area contributed by atoms with Gasteiger partial charge in [-0.15, -0.1) is 11.3 Å². The first-order valence-electron chi connectivity index (χ1n) is 8.67. The highest BCUT2D eigenvalue weighted by Crippen LogP contribution is 2.26. The van der Waals surface area contributed by atoms with Crippen molar-refractivity contribution in [2.75, 3.05) is 11.9 Å². The van der Waals surface area contributed by atoms with Gasteiger partial charge in [-0.2, -0.15) is 0 Å². The maximum absolute atomic E-state index is 12.3. The summed E-state index contributed by atoms with van der Waals surface area (Å²) in [6.45, 7) is 4.04. The van der Waals surface area contributed by atoms with E-state index in [2.05, 4.69) is 15.3 Å². The average molecular weight is 397 g/mol. The molecule has 3 rings (SSSR count). The van der Waals surface area contributed by atoms with E-state index in [-0.39, 0.29) is 5.56 Å². The van der Waals surface area contributed by atoms with Gasteiger partial charge in [0.15, 0.2) is 11.2 Å². The van der Waals surface area contributed by atoms with E-state index in [1.807, 2.05) is 36.6 Å². The quantitative estimate of drug-likeness (QED) is 0.610. The number of amides is 1. The Kier molecular flexibility index (Phi) is 6.33. The lowest BCUT2D eigenvalue weighted by molar-refractivity contribution is -0.123. The number of carbonyl (C=O) groups is 2. The number of thiazole rings is 1. The number of nitrogens with zero attached hydrogens (tertiary/aromatic N) is 2. The number of aromatic nitrogens is 2. The van der Waals surface area contributed by atoms with Gasteiger partial charge in [0, 0.05) is 23.3 Å². The second-order valence-electron chi connectivity index (χ2n) is 5.77. The molecule has 3 aromatic rings. The van der Waals surface area contributed by atoms with Gasteiger partial charge in [0.05, 0.1) is 17.9 Å². The third-order valence-electron chi connectivity index (χ3n) is 3.75. The van der Waals surface area contributed by atoms with Crippen molar-refractivity contribution in [3.8, 4) is 17.0 Å². The highest BCUT2D eigenvalue weighted by atomic mass is 32.1. The first-order chi connectivity index (χ1) is 13.6. The largest absolute Gasteiger partial charge is 0.494 e. The summed E-state index contributed by atoms with van der Waals surface area (Å²) in [5, 5.41) is 4.94. The smallest absolute Gasteiger partial charge is 0.340 e. The standard InChI is InChI=1S/C20H19N3O4S/c1-3-26-16-8-6-14(7-9-16)17-12-28-20(22-17)23-18(24)13(2)27-19(25)15-5-4-10-21-11-15/h4-13H,3H2,1-2H3,(H,22,23,24). The van der Waals surface area contributed by atoms with Crippen molar-refractivity contribution in [2.24, 2.45) is 0 Å². The minimum atomic E-state index is -0.967. The number of benzene rings is 1. The summed E-state index contributed by atoms with van der Waals surface area (Å²) < 4.78 is 10.6. The van der Waals surface area contributed by atoms with Gasteiger partial charge in [-0.05, 0) is 50.2 Å². The number of pyridine rings is 1. The molecule has 1 amide bonds. The number of hydrogen-bond donors (Lipinski definition) is 1. The number of carbonyl (C=O) groups excluding carboxylic acids is 2. The van der Waals surface area contributed by atoms with Crippen LogP contribution < -0.4 is 10.1 Å². The molecule has 0 aliphatic carbocycles. The Bertz CT molecular complexity index is 942. The highest BCUT2D eigenvalue weighted by molar-refractivity contribution is 7.14. The van der Waals surface area contributed by atoms with Crippen LogP contribution in [0, 0.1) is 0 Å². The lowest BCUT2D eigenvalue weighted by Gasteiger charge is -2.12. The molecule has 8 heteroatoms. The summed E-state index contributed by atoms with van der Waals surface area (Å²) >= 11 is 1.30. The molecule has 1 aromatic carbocycles. The number of ether oxygens (including phenoxy) is 2. The summed E-state index contributed by atoms with van der Waals surface area (Å²) in [6.07, 6.45) is 1.97. The summed E-state index contributed by atoms with van der Waals surface area (Å²) in [5.41, 5.74) is 1.94. The zero-order valence-electron chi connectivity index (χ0n) is 15.4. The molecule has 0 bridgehead atoms. The van der Waals surface area contributed by atoms with Crippen LogP contribution in [0.4, 0.5) is 5.13 Å². The van der Waals surface area contributed by atoms with Gasteiger partial charge in [0.1, 0.15) is 5.75 Å². The van der Waals surface area contributed by atoms with Crippen LogP contribution in [-0.4, -0.2) is 34.6 Å². The Labute approximate surface area is 166 Å². The molecular weight excluding hydrogens is 378 g/mol. The number of nitrogens with one attached hydrogen (secondary N) is 1. The molecule has 0 fully saturated rings. The third-order valence-corrected chi connectivity index (χ3v) is 4.50. The first-order valence-corrected chi connectivity index (χ1v) is 9.55. The predicted octanol–water partition coefficient (Wildman–Crippen LogP) is 3.79. The SMILES string of the molecule is CCOc1ccc(-c2csc(NC(=O)C(C)OC(=O)c3cccnc3)n2)cc1. The Morgan fingerprint density at radius 2 is 2.00 bits per heavy atom. The molecule has 7 nitrogen and oxygen atoms in total. The molecule has 0 spiro atoms. The van der Waals surface area contributed by atoms with Gasteiger partial charge in [-0.25, -0.2) is 9.78 Å². The molecule has 2 heterocycles. The average Bonchev–Trinajstić information content (AvgIpc) is 3.18. The van der Waals surface area contributed by atoms with Crippen LogP contribution >= 0.6 is 11.3 Å². The molecule has 2 aromatic heterocycles. The molecule has 0 saturated heterocycles. The Morgan fingerprint density at radius 3 is 2.68 bits per heavy atom. The fourth-order valence-corrected chi connectivity index (χ4v) is 3.05. The van der Waals surface area contributed by atoms with Crippen LogP contribution in [0.25, 0.3) is 11.3 Å². The van der Waals surface area contributed by atoms with Crippen LogP contribution in [0.5, 0.6) is 5.75 Å². The van der Waals surface area contributed by atoms with E-state index >= 15 is 0 Å². The van der Waals surface area contributed by atoms with Gasteiger partial charge in [0.25, 0.3) is 5.91 Å². The van der Waals surface area contributed by atoms with Crippen molar-refractivity contribution in [1.82, 2.24) is 9.97 Å². The Balaban J connectivity index is 1.59. The third kappa shape index (κ3) is 4.92. The first kappa shape index (κ1) is 19.5. The van der Waals surface area contributed by atoms with E-state index in [0.717, 1.165) is 17.0 Å². The van der Waals surface area contributed by atoms with Crippen molar-refractivity contribution in [1.29, 1.82) is 0 Å². The molecule has 144 valence electrons. The molecule has 28 heavy (non-hydrogen) atoms. The summed E-state index contributed by atoms with van der Waals surface area (Å²) in [6, 6.07) is 10.8. The van der Waals surface area contributed by atoms with Crippen molar-refractivity contribution in [3.63, 3.8) is 0 Å². The van der Waals surface area contributed by atoms with Crippen LogP contribution in [0.15, 0.2) is 54.2 Å². The molecular formula is C20H19N3O4S. The van der Waals surface area contributed by atoms with E-state index in [9.17, 15) is 9.59 Å². The maximum Gasteiger partial charge on any atom is 0.340 e. The molecule has 1 N–H and O–H groups in total. The number of hydrogen-bond acceptors (Lipinski definition) is 7. The second-order valence-corrected chi connectivity index (χ2v) is 6.63. The Morgan fingerprint density at radius 1 is 1.21 bits per heavy atom. The van der Waals surface area contributed by atoms with Gasteiger partial charge < -0.3 is 9.47 Å². The normalized spacial score (nSPS) is 11.5. The van der Waals surface area contributed by atoms with Crippen LogP contribution in [0.1, 0.15) is 24.2 Å². The zero-order valence-corrected chi connectivity index (χ0v) is 16.2. The number of anilines is 1. The van der Waals surface area contributed by atoms with Crippen LogP contribution in [-0.2, 0) is 9.53 Å². The van der Waals surface area contributed by atoms with E-state index < -0.39 is 18.0 Å². The lowest BCUT2D eigenvalue weighted by atomic mass is 10.2. The van der Waals surface area contributed by atoms with Gasteiger partial charge in [-0.1, -0.05) is 0 Å². The van der Waals surface area contributed by atoms with Gasteiger partial charge >= 0.3 is 5.97 Å². The van der Waals surface area contributed by atoms with Crippen LogP contribution in [0.2, 0.25) is 0 Å². The monoisotopic (exact) mass is 397 g/mol. The summed E-state index contributed by atoms with van der Waals surface area (Å²) in [4.78, 5) is 32.6. The highest BCUT2D eigenvalue weighted by Gasteiger charge is 2.20. The van der Waals surface area contributed by atoms with Crippen molar-refractivity contribution < 1.29 is 19.1 Å². The van der Waals surface area contributed by atoms with E-state index in [0.29, 0.717) is 11.7 Å². The number of esters is 1. The van der Waals surface area contributed by atoms with Gasteiger partial charge in [-0.3, -0.25) is 15.1 Å². The fourth-order valence-electron chi connectivity index (χ4n) is 2.32. The topological polar surface area (TPSA) is 90.4 Å². The summed E-state index contributed by atoms with van der Waals surface area (Å²) in [7, 11) is 0. The predicted molar refractivity (Wildman–Crippen MR) is 106 cm³/mol. The molecule has 1 atom stereocenters. The van der Waals surface area contributed by atoms with E-state index in [1.54, 1.807) is 18.3 Å². The van der Waals surface area contributed by atoms with Crippen molar-refractivity contribution >= 4 is 28.3 Å². The lowest BCUT2D eigenvalue weighted by Crippen LogP contribution is -2.30. The zero-order chi connectivity index (χ0) is 19.9. The maximum atomic E-state index is 12.3. The van der Waals surface area contributed by atoms with Crippen molar-refractivity contribution in [2.45, 2.75) is 20.0 Å². The van der Waals surface area contributed by atoms with Crippen molar-refractivity contribution in [3.05, 3.63) is 59.7 Å². The van der Waals surface area contributed by atoms with Crippen LogP contribution in [0.3, 0.4) is 0 Å². The fraction of sp³-hybridized carbons (Fsp3) is 0.200. The molecule has 0 aliphatic rings.